The fraction of sp³-hybridized carbons (Fsp3) is 0.625. The summed E-state index contributed by atoms with van der Waals surface area (Å²) in [6.45, 7) is 1.85. The highest BCUT2D eigenvalue weighted by atomic mass is 16.5. The van der Waals surface area contributed by atoms with Gasteiger partial charge < -0.3 is 19.9 Å². The highest BCUT2D eigenvalue weighted by Crippen LogP contribution is 2.33. The third kappa shape index (κ3) is 5.80. The monoisotopic (exact) mass is 279 g/mol. The van der Waals surface area contributed by atoms with E-state index < -0.39 is 6.10 Å². The topological polar surface area (TPSA) is 50.7 Å². The molecule has 4 heteroatoms. The first-order valence-corrected chi connectivity index (χ1v) is 7.43. The molecule has 20 heavy (non-hydrogen) atoms. The zero-order valence-corrected chi connectivity index (χ0v) is 12.2. The number of rotatable bonds is 10. The van der Waals surface area contributed by atoms with E-state index in [-0.39, 0.29) is 0 Å². The van der Waals surface area contributed by atoms with E-state index in [9.17, 15) is 5.11 Å². The largest absolute Gasteiger partial charge is 0.497 e. The lowest BCUT2D eigenvalue weighted by molar-refractivity contribution is 0.106. The molecule has 0 bridgehead atoms. The molecule has 1 fully saturated rings. The molecule has 4 nitrogen and oxygen atoms in total. The second-order valence-corrected chi connectivity index (χ2v) is 5.43. The lowest BCUT2D eigenvalue weighted by atomic mass is 10.2. The summed E-state index contributed by atoms with van der Waals surface area (Å²) in [5.74, 6) is 2.46. The number of aliphatic hydroxyl groups is 1. The van der Waals surface area contributed by atoms with E-state index in [1.807, 2.05) is 24.3 Å². The summed E-state index contributed by atoms with van der Waals surface area (Å²) in [6.07, 6.45) is 4.87. The molecule has 0 aromatic heterocycles. The van der Waals surface area contributed by atoms with Crippen LogP contribution >= 0.6 is 0 Å². The molecule has 2 N–H and O–H groups in total. The van der Waals surface area contributed by atoms with Crippen molar-refractivity contribution in [2.75, 3.05) is 26.8 Å². The lowest BCUT2D eigenvalue weighted by Gasteiger charge is -2.13. The van der Waals surface area contributed by atoms with Gasteiger partial charge in [0.15, 0.2) is 0 Å². The van der Waals surface area contributed by atoms with E-state index in [1.54, 1.807) is 7.11 Å². The van der Waals surface area contributed by atoms with Crippen LogP contribution in [0.1, 0.15) is 25.7 Å². The number of aliphatic hydroxyl groups excluding tert-OH is 1. The van der Waals surface area contributed by atoms with E-state index in [0.717, 1.165) is 24.0 Å². The van der Waals surface area contributed by atoms with Crippen molar-refractivity contribution in [1.82, 2.24) is 5.32 Å². The van der Waals surface area contributed by atoms with E-state index in [2.05, 4.69) is 5.32 Å². The Hall–Kier alpha value is -1.26. The maximum atomic E-state index is 9.84. The predicted molar refractivity (Wildman–Crippen MR) is 79.3 cm³/mol. The molecular formula is C16H25NO3. The Bertz CT molecular complexity index is 393. The number of methoxy groups -OCH3 is 1. The first-order valence-electron chi connectivity index (χ1n) is 7.43. The van der Waals surface area contributed by atoms with E-state index >= 15 is 0 Å². The molecule has 1 atom stereocenters. The van der Waals surface area contributed by atoms with E-state index in [4.69, 9.17) is 9.47 Å². The Morgan fingerprint density at radius 1 is 1.35 bits per heavy atom. The van der Waals surface area contributed by atoms with Crippen molar-refractivity contribution in [1.29, 1.82) is 0 Å². The molecule has 0 saturated heterocycles. The van der Waals surface area contributed by atoms with Crippen LogP contribution in [0, 0.1) is 5.92 Å². The average Bonchev–Trinajstić information content (AvgIpc) is 3.29. The van der Waals surface area contributed by atoms with Crippen LogP contribution < -0.4 is 14.8 Å². The minimum atomic E-state index is -0.484. The molecule has 2 rings (SSSR count). The van der Waals surface area contributed by atoms with Gasteiger partial charge in [-0.3, -0.25) is 0 Å². The number of benzene rings is 1. The minimum Gasteiger partial charge on any atom is -0.497 e. The molecule has 112 valence electrons. The van der Waals surface area contributed by atoms with Crippen LogP contribution in [0.2, 0.25) is 0 Å². The van der Waals surface area contributed by atoms with Gasteiger partial charge in [-0.05, 0) is 37.4 Å². The Kier molecular flexibility index (Phi) is 6.15. The van der Waals surface area contributed by atoms with Crippen molar-refractivity contribution in [2.24, 2.45) is 5.92 Å². The van der Waals surface area contributed by atoms with Gasteiger partial charge in [0.1, 0.15) is 24.2 Å². The highest BCUT2D eigenvalue weighted by molar-refractivity contribution is 5.32. The second kappa shape index (κ2) is 8.12. The summed E-state index contributed by atoms with van der Waals surface area (Å²) in [5, 5.41) is 13.1. The number of ether oxygens (including phenoxy) is 2. The van der Waals surface area contributed by atoms with Crippen LogP contribution in [0.25, 0.3) is 0 Å². The highest BCUT2D eigenvalue weighted by Gasteiger charge is 2.19. The Balaban J connectivity index is 1.55. The lowest BCUT2D eigenvalue weighted by Crippen LogP contribution is -2.32. The first-order chi connectivity index (χ1) is 9.78. The molecule has 1 aliphatic carbocycles. The van der Waals surface area contributed by atoms with E-state index in [0.29, 0.717) is 13.2 Å². The molecule has 0 spiro atoms. The summed E-state index contributed by atoms with van der Waals surface area (Å²) < 4.78 is 10.7. The van der Waals surface area contributed by atoms with Gasteiger partial charge in [-0.15, -0.1) is 0 Å². The van der Waals surface area contributed by atoms with Crippen LogP contribution in [0.5, 0.6) is 11.5 Å². The fourth-order valence-electron chi connectivity index (χ4n) is 2.13. The van der Waals surface area contributed by atoms with Crippen molar-refractivity contribution in [3.8, 4) is 11.5 Å². The minimum absolute atomic E-state index is 0.294. The van der Waals surface area contributed by atoms with Crippen LogP contribution in [-0.4, -0.2) is 38.0 Å². The SMILES string of the molecule is COc1cccc(OCC(O)CNCCCC2CC2)c1. The number of hydrogen-bond acceptors (Lipinski definition) is 4. The van der Waals surface area contributed by atoms with E-state index in [1.165, 1.54) is 25.7 Å². The van der Waals surface area contributed by atoms with Gasteiger partial charge in [-0.1, -0.05) is 18.9 Å². The second-order valence-electron chi connectivity index (χ2n) is 5.43. The zero-order valence-electron chi connectivity index (χ0n) is 12.2. The Morgan fingerprint density at radius 2 is 2.15 bits per heavy atom. The summed E-state index contributed by atoms with van der Waals surface area (Å²) in [4.78, 5) is 0. The summed E-state index contributed by atoms with van der Waals surface area (Å²) in [7, 11) is 1.62. The van der Waals surface area contributed by atoms with Gasteiger partial charge >= 0.3 is 0 Å². The number of hydrogen-bond donors (Lipinski definition) is 2. The average molecular weight is 279 g/mol. The molecule has 1 aliphatic rings. The van der Waals surface area contributed by atoms with Crippen LogP contribution in [0.15, 0.2) is 24.3 Å². The van der Waals surface area contributed by atoms with Gasteiger partial charge in [0.05, 0.1) is 7.11 Å². The van der Waals surface area contributed by atoms with Gasteiger partial charge in [-0.2, -0.15) is 0 Å². The Morgan fingerprint density at radius 3 is 2.90 bits per heavy atom. The first kappa shape index (κ1) is 15.1. The molecule has 0 aliphatic heterocycles. The van der Waals surface area contributed by atoms with Gasteiger partial charge in [0.2, 0.25) is 0 Å². The van der Waals surface area contributed by atoms with Crippen molar-refractivity contribution >= 4 is 0 Å². The molecule has 0 amide bonds. The van der Waals surface area contributed by atoms with Crippen molar-refractivity contribution in [2.45, 2.75) is 31.8 Å². The third-order valence-corrected chi connectivity index (χ3v) is 3.53. The predicted octanol–water partition coefficient (Wildman–Crippen LogP) is 2.21. The zero-order chi connectivity index (χ0) is 14.2. The van der Waals surface area contributed by atoms with Gasteiger partial charge in [0.25, 0.3) is 0 Å². The maximum absolute atomic E-state index is 9.84. The molecule has 1 unspecified atom stereocenters. The molecular weight excluding hydrogens is 254 g/mol. The molecule has 1 saturated carbocycles. The summed E-state index contributed by atoms with van der Waals surface area (Å²) >= 11 is 0. The maximum Gasteiger partial charge on any atom is 0.123 e. The van der Waals surface area contributed by atoms with Crippen molar-refractivity contribution in [3.63, 3.8) is 0 Å². The number of nitrogens with one attached hydrogen (secondary N) is 1. The molecule has 0 heterocycles. The van der Waals surface area contributed by atoms with Gasteiger partial charge in [-0.25, -0.2) is 0 Å². The van der Waals surface area contributed by atoms with Crippen LogP contribution in [0.3, 0.4) is 0 Å². The normalized spacial score (nSPS) is 15.9. The summed E-state index contributed by atoms with van der Waals surface area (Å²) in [6, 6.07) is 7.41. The standard InChI is InChI=1S/C16H25NO3/c1-19-15-5-2-6-16(10-15)20-12-14(18)11-17-9-3-4-13-7-8-13/h2,5-6,10,13-14,17-18H,3-4,7-9,11-12H2,1H3. The van der Waals surface area contributed by atoms with Crippen molar-refractivity contribution in [3.05, 3.63) is 24.3 Å². The third-order valence-electron chi connectivity index (χ3n) is 3.53. The molecule has 1 aromatic rings. The van der Waals surface area contributed by atoms with Crippen molar-refractivity contribution < 1.29 is 14.6 Å². The molecule has 0 radical (unpaired) electrons. The quantitative estimate of drug-likeness (QED) is 0.645. The Labute approximate surface area is 121 Å². The van der Waals surface area contributed by atoms with Gasteiger partial charge in [0, 0.05) is 12.6 Å². The fourth-order valence-corrected chi connectivity index (χ4v) is 2.13. The summed E-state index contributed by atoms with van der Waals surface area (Å²) in [5.41, 5.74) is 0. The van der Waals surface area contributed by atoms with Crippen LogP contribution in [0.4, 0.5) is 0 Å². The molecule has 1 aromatic carbocycles. The smallest absolute Gasteiger partial charge is 0.123 e. The van der Waals surface area contributed by atoms with Crippen LogP contribution in [-0.2, 0) is 0 Å².